The molecule has 2 aliphatic heterocycles. The molecule has 2 aromatic rings. The molecule has 1 saturated heterocycles. The van der Waals surface area contributed by atoms with E-state index in [1.165, 1.54) is 17.7 Å². The van der Waals surface area contributed by atoms with E-state index < -0.39 is 0 Å². The summed E-state index contributed by atoms with van der Waals surface area (Å²) in [6.07, 6.45) is 2.68. The van der Waals surface area contributed by atoms with Crippen LogP contribution >= 0.6 is 11.3 Å². The molecule has 1 N–H and O–H groups in total. The predicted molar refractivity (Wildman–Crippen MR) is 119 cm³/mol. The number of nitrogens with one attached hydrogen (secondary N) is 1. The number of carbonyl (C=O) groups is 2. The van der Waals surface area contributed by atoms with Gasteiger partial charge >= 0.3 is 0 Å². The van der Waals surface area contributed by atoms with Crippen molar-refractivity contribution in [2.24, 2.45) is 5.92 Å². The van der Waals surface area contributed by atoms with Gasteiger partial charge in [-0.2, -0.15) is 0 Å². The van der Waals surface area contributed by atoms with Crippen molar-refractivity contribution in [1.29, 1.82) is 0 Å². The second kappa shape index (κ2) is 9.62. The molecule has 30 heavy (non-hydrogen) atoms. The van der Waals surface area contributed by atoms with E-state index >= 15 is 0 Å². The molecule has 7 heteroatoms. The number of hydrogen-bond acceptors (Lipinski definition) is 5. The summed E-state index contributed by atoms with van der Waals surface area (Å²) >= 11 is 1.75. The highest BCUT2D eigenvalue weighted by Crippen LogP contribution is 2.32. The molecular formula is C23H29N3O3S. The van der Waals surface area contributed by atoms with Gasteiger partial charge in [-0.3, -0.25) is 14.5 Å². The number of para-hydroxylation sites is 2. The Morgan fingerprint density at radius 2 is 2.03 bits per heavy atom. The Bertz CT molecular complexity index is 862. The first-order valence-corrected chi connectivity index (χ1v) is 11.6. The zero-order valence-electron chi connectivity index (χ0n) is 17.4. The SMILES string of the molecule is CC1CCN([C@@H](CNC(=O)CCN2C(=O)COc3ccccc32)c2cccs2)CC1. The minimum atomic E-state index is -0.111. The lowest BCUT2D eigenvalue weighted by Crippen LogP contribution is -2.43. The molecule has 0 saturated carbocycles. The highest BCUT2D eigenvalue weighted by Gasteiger charge is 2.27. The third-order valence-corrected chi connectivity index (χ3v) is 6.97. The lowest BCUT2D eigenvalue weighted by molar-refractivity contribution is -0.122. The fraction of sp³-hybridized carbons (Fsp3) is 0.478. The third-order valence-electron chi connectivity index (χ3n) is 5.99. The van der Waals surface area contributed by atoms with Crippen LogP contribution < -0.4 is 15.0 Å². The number of carbonyl (C=O) groups excluding carboxylic acids is 2. The van der Waals surface area contributed by atoms with Gasteiger partial charge in [0.1, 0.15) is 5.75 Å². The first-order valence-electron chi connectivity index (χ1n) is 10.7. The number of anilines is 1. The summed E-state index contributed by atoms with van der Waals surface area (Å²) in [6.45, 7) is 5.42. The first-order chi connectivity index (χ1) is 14.6. The fourth-order valence-corrected chi connectivity index (χ4v) is 5.00. The summed E-state index contributed by atoms with van der Waals surface area (Å²) in [5, 5.41) is 5.21. The van der Waals surface area contributed by atoms with Crippen molar-refractivity contribution < 1.29 is 14.3 Å². The van der Waals surface area contributed by atoms with Crippen molar-refractivity contribution in [3.8, 4) is 5.75 Å². The van der Waals surface area contributed by atoms with Crippen LogP contribution in [-0.2, 0) is 9.59 Å². The maximum absolute atomic E-state index is 12.6. The van der Waals surface area contributed by atoms with Crippen LogP contribution in [0.2, 0.25) is 0 Å². The van der Waals surface area contributed by atoms with Crippen LogP contribution in [0.5, 0.6) is 5.75 Å². The fourth-order valence-electron chi connectivity index (χ4n) is 4.14. The van der Waals surface area contributed by atoms with Gasteiger partial charge in [-0.1, -0.05) is 25.1 Å². The molecule has 1 aromatic carbocycles. The number of nitrogens with zero attached hydrogens (tertiary/aromatic N) is 2. The molecule has 1 fully saturated rings. The van der Waals surface area contributed by atoms with E-state index in [1.807, 2.05) is 24.3 Å². The maximum Gasteiger partial charge on any atom is 0.265 e. The highest BCUT2D eigenvalue weighted by molar-refractivity contribution is 7.10. The van der Waals surface area contributed by atoms with E-state index in [9.17, 15) is 9.59 Å². The average molecular weight is 428 g/mol. The predicted octanol–water partition coefficient (Wildman–Crippen LogP) is 3.45. The van der Waals surface area contributed by atoms with Crippen LogP contribution in [0.25, 0.3) is 0 Å². The van der Waals surface area contributed by atoms with Gasteiger partial charge in [-0.05, 0) is 55.4 Å². The van der Waals surface area contributed by atoms with Crippen molar-refractivity contribution in [2.75, 3.05) is 37.7 Å². The molecule has 0 radical (unpaired) electrons. The molecule has 4 rings (SSSR count). The zero-order chi connectivity index (χ0) is 20.9. The minimum absolute atomic E-state index is 0.0203. The number of hydrogen-bond donors (Lipinski definition) is 1. The number of fused-ring (bicyclic) bond motifs is 1. The molecule has 0 unspecified atom stereocenters. The van der Waals surface area contributed by atoms with Gasteiger partial charge in [-0.15, -0.1) is 11.3 Å². The number of amides is 2. The van der Waals surface area contributed by atoms with E-state index in [0.29, 0.717) is 18.8 Å². The number of piperidine rings is 1. The van der Waals surface area contributed by atoms with Crippen LogP contribution in [0.4, 0.5) is 5.69 Å². The summed E-state index contributed by atoms with van der Waals surface area (Å²) in [7, 11) is 0. The highest BCUT2D eigenvalue weighted by atomic mass is 32.1. The molecule has 2 amide bonds. The standard InChI is InChI=1S/C23H29N3O3S/c1-17-8-11-25(12-9-17)19(21-7-4-14-30-21)15-24-22(27)10-13-26-18-5-2-3-6-20(18)29-16-23(26)28/h2-7,14,17,19H,8-13,15-16H2,1H3,(H,24,27)/t19-/m0/s1. The van der Waals surface area contributed by atoms with Crippen molar-refractivity contribution >= 4 is 28.8 Å². The van der Waals surface area contributed by atoms with E-state index in [1.54, 1.807) is 16.2 Å². The molecule has 160 valence electrons. The van der Waals surface area contributed by atoms with Crippen molar-refractivity contribution in [3.63, 3.8) is 0 Å². The molecular weight excluding hydrogens is 398 g/mol. The Morgan fingerprint density at radius 1 is 1.23 bits per heavy atom. The summed E-state index contributed by atoms with van der Waals surface area (Å²) in [5.74, 6) is 1.32. The quantitative estimate of drug-likeness (QED) is 0.735. The van der Waals surface area contributed by atoms with Gasteiger partial charge in [-0.25, -0.2) is 0 Å². The zero-order valence-corrected chi connectivity index (χ0v) is 18.2. The summed E-state index contributed by atoms with van der Waals surface area (Å²) in [5.41, 5.74) is 0.737. The molecule has 0 bridgehead atoms. The monoisotopic (exact) mass is 427 g/mol. The normalized spacial score (nSPS) is 18.6. The smallest absolute Gasteiger partial charge is 0.265 e. The average Bonchev–Trinajstić information content (AvgIpc) is 3.29. The van der Waals surface area contributed by atoms with E-state index in [-0.39, 0.29) is 30.9 Å². The van der Waals surface area contributed by atoms with Crippen LogP contribution in [-0.4, -0.2) is 49.5 Å². The Morgan fingerprint density at radius 3 is 2.80 bits per heavy atom. The topological polar surface area (TPSA) is 61.9 Å². The Labute approximate surface area is 181 Å². The molecule has 0 aliphatic carbocycles. The lowest BCUT2D eigenvalue weighted by Gasteiger charge is -2.36. The minimum Gasteiger partial charge on any atom is -0.482 e. The molecule has 2 aliphatic rings. The number of thiophene rings is 1. The van der Waals surface area contributed by atoms with Crippen LogP contribution in [0.15, 0.2) is 41.8 Å². The first kappa shape index (κ1) is 20.9. The number of ether oxygens (including phenoxy) is 1. The van der Waals surface area contributed by atoms with Gasteiger partial charge < -0.3 is 15.0 Å². The summed E-state index contributed by atoms with van der Waals surface area (Å²) in [6, 6.07) is 11.9. The second-order valence-electron chi connectivity index (χ2n) is 8.11. The van der Waals surface area contributed by atoms with Crippen molar-refractivity contribution in [2.45, 2.75) is 32.2 Å². The van der Waals surface area contributed by atoms with Gasteiger partial charge in [0.05, 0.1) is 11.7 Å². The Kier molecular flexibility index (Phi) is 6.69. The lowest BCUT2D eigenvalue weighted by atomic mass is 9.97. The molecule has 3 heterocycles. The summed E-state index contributed by atoms with van der Waals surface area (Å²) in [4.78, 5) is 30.3. The summed E-state index contributed by atoms with van der Waals surface area (Å²) < 4.78 is 5.47. The van der Waals surface area contributed by atoms with Gasteiger partial charge in [0, 0.05) is 24.4 Å². The number of benzene rings is 1. The van der Waals surface area contributed by atoms with E-state index in [2.05, 4.69) is 34.7 Å². The van der Waals surface area contributed by atoms with Gasteiger partial charge in [0.25, 0.3) is 5.91 Å². The van der Waals surface area contributed by atoms with E-state index in [4.69, 9.17) is 4.74 Å². The van der Waals surface area contributed by atoms with Gasteiger partial charge in [0.2, 0.25) is 5.91 Å². The van der Waals surface area contributed by atoms with E-state index in [0.717, 1.165) is 24.7 Å². The third kappa shape index (κ3) is 4.84. The largest absolute Gasteiger partial charge is 0.482 e. The molecule has 1 aromatic heterocycles. The molecule has 1 atom stereocenters. The van der Waals surface area contributed by atoms with Crippen LogP contribution in [0.3, 0.4) is 0 Å². The second-order valence-corrected chi connectivity index (χ2v) is 9.08. The molecule has 0 spiro atoms. The van der Waals surface area contributed by atoms with Crippen molar-refractivity contribution in [3.05, 3.63) is 46.7 Å². The Balaban J connectivity index is 1.34. The van der Waals surface area contributed by atoms with Crippen molar-refractivity contribution in [1.82, 2.24) is 10.2 Å². The molecule has 6 nitrogen and oxygen atoms in total. The maximum atomic E-state index is 12.6. The number of likely N-dealkylation sites (tertiary alicyclic amines) is 1. The van der Waals surface area contributed by atoms with Gasteiger partial charge in [0.15, 0.2) is 6.61 Å². The Hall–Kier alpha value is -2.38. The number of rotatable bonds is 7. The van der Waals surface area contributed by atoms with Crippen LogP contribution in [0, 0.1) is 5.92 Å². The van der Waals surface area contributed by atoms with Crippen LogP contribution in [0.1, 0.15) is 37.1 Å².